The number of amides is 1. The minimum atomic E-state index is -4.77. The number of aliphatic hydroxyl groups excluding tert-OH is 1. The van der Waals surface area contributed by atoms with E-state index in [0.717, 1.165) is 0 Å². The van der Waals surface area contributed by atoms with E-state index in [-0.39, 0.29) is 41.9 Å². The molecule has 0 bridgehead atoms. The van der Waals surface area contributed by atoms with Crippen molar-refractivity contribution in [3.8, 4) is 0 Å². The van der Waals surface area contributed by atoms with E-state index >= 15 is 0 Å². The van der Waals surface area contributed by atoms with Gasteiger partial charge in [-0.15, -0.1) is 0 Å². The van der Waals surface area contributed by atoms with Crippen LogP contribution in [0.25, 0.3) is 0 Å². The molecule has 1 rings (SSSR count). The fourth-order valence-electron chi connectivity index (χ4n) is 1.89. The van der Waals surface area contributed by atoms with Gasteiger partial charge in [-0.3, -0.25) is 8.98 Å². The summed E-state index contributed by atoms with van der Waals surface area (Å²) in [5.74, 6) is -0.300. The van der Waals surface area contributed by atoms with Crippen molar-refractivity contribution in [2.75, 3.05) is 6.61 Å². The minimum absolute atomic E-state index is 0. The molecule has 1 saturated heterocycles. The number of ether oxygens (including phenoxy) is 1. The van der Waals surface area contributed by atoms with E-state index in [2.05, 4.69) is 9.50 Å². The van der Waals surface area contributed by atoms with Crippen LogP contribution in [0.4, 0.5) is 0 Å². The molecule has 0 aromatic heterocycles. The zero-order valence-electron chi connectivity index (χ0n) is 11.0. The Morgan fingerprint density at radius 1 is 1.58 bits per heavy atom. The largest absolute Gasteiger partial charge is 1.00 e. The second-order valence-electron chi connectivity index (χ2n) is 4.19. The third kappa shape index (κ3) is 7.00. The number of hydrogen-bond acceptors (Lipinski definition) is 7. The topological polar surface area (TPSA) is 125 Å². The summed E-state index contributed by atoms with van der Waals surface area (Å²) in [5.41, 5.74) is 0. The summed E-state index contributed by atoms with van der Waals surface area (Å²) in [6, 6.07) is -0.567. The maximum atomic E-state index is 10.9. The molecule has 19 heavy (non-hydrogen) atoms. The van der Waals surface area contributed by atoms with Gasteiger partial charge in [0.05, 0.1) is 31.0 Å². The number of carbonyl (C=O) groups is 1. The molecule has 1 aliphatic heterocycles. The molecule has 0 aromatic rings. The van der Waals surface area contributed by atoms with E-state index in [0.29, 0.717) is 0 Å². The van der Waals surface area contributed by atoms with Gasteiger partial charge in [0.2, 0.25) is 16.3 Å². The molecule has 1 aliphatic rings. The van der Waals surface area contributed by atoms with Gasteiger partial charge in [-0.2, -0.15) is 0 Å². The standard InChI is InChI=1S/C9H17NO7S.Na/c1-5-9(10-6(2)11)8(12)3-7(17-5)4-16-18(13,14)15;/h5,7-9,12H,3-4H2,1-2H3,(H,10,11)(H,13,14,15);/q;+1/p-1. The SMILES string of the molecule is CC(=O)NC1C(O)CC(COS(=O)(=O)[O-])OC1C.[Na+]. The average Bonchev–Trinajstić information content (AvgIpc) is 2.19. The van der Waals surface area contributed by atoms with E-state index in [1.165, 1.54) is 6.92 Å². The van der Waals surface area contributed by atoms with Crippen molar-refractivity contribution in [2.45, 2.75) is 44.6 Å². The Hall–Kier alpha value is 0.260. The summed E-state index contributed by atoms with van der Waals surface area (Å²) in [7, 11) is -4.77. The van der Waals surface area contributed by atoms with Crippen molar-refractivity contribution >= 4 is 16.3 Å². The molecule has 0 saturated carbocycles. The van der Waals surface area contributed by atoms with Gasteiger partial charge in [0.25, 0.3) is 0 Å². The molecule has 10 heteroatoms. The molecule has 2 N–H and O–H groups in total. The van der Waals surface area contributed by atoms with Crippen LogP contribution in [0.5, 0.6) is 0 Å². The van der Waals surface area contributed by atoms with Gasteiger partial charge in [-0.25, -0.2) is 8.42 Å². The molecule has 0 radical (unpaired) electrons. The molecule has 1 heterocycles. The van der Waals surface area contributed by atoms with Crippen LogP contribution in [0.2, 0.25) is 0 Å². The zero-order valence-corrected chi connectivity index (χ0v) is 13.8. The predicted octanol–water partition coefficient (Wildman–Crippen LogP) is -4.49. The normalized spacial score (nSPS) is 31.4. The Morgan fingerprint density at radius 2 is 2.16 bits per heavy atom. The summed E-state index contributed by atoms with van der Waals surface area (Å²) in [6.45, 7) is 2.50. The first-order valence-corrected chi connectivity index (χ1v) is 6.73. The van der Waals surface area contributed by atoms with Gasteiger partial charge in [-0.1, -0.05) is 0 Å². The Morgan fingerprint density at radius 3 is 2.58 bits per heavy atom. The van der Waals surface area contributed by atoms with E-state index in [1.54, 1.807) is 6.92 Å². The maximum Gasteiger partial charge on any atom is 1.00 e. The predicted molar refractivity (Wildman–Crippen MR) is 58.2 cm³/mol. The Bertz CT molecular complexity index is 389. The van der Waals surface area contributed by atoms with Crippen LogP contribution in [0.3, 0.4) is 0 Å². The number of nitrogens with one attached hydrogen (secondary N) is 1. The fraction of sp³-hybridized carbons (Fsp3) is 0.889. The average molecular weight is 305 g/mol. The number of aliphatic hydroxyl groups is 1. The molecule has 106 valence electrons. The number of carbonyl (C=O) groups excluding carboxylic acids is 1. The van der Waals surface area contributed by atoms with Crippen LogP contribution in [0.1, 0.15) is 20.3 Å². The van der Waals surface area contributed by atoms with Crippen molar-refractivity contribution in [3.05, 3.63) is 0 Å². The van der Waals surface area contributed by atoms with Gasteiger partial charge in [0, 0.05) is 13.3 Å². The van der Waals surface area contributed by atoms with Crippen LogP contribution in [0, 0.1) is 0 Å². The quantitative estimate of drug-likeness (QED) is 0.305. The zero-order chi connectivity index (χ0) is 13.9. The second-order valence-corrected chi connectivity index (χ2v) is 5.24. The number of rotatable bonds is 4. The Labute approximate surface area is 134 Å². The van der Waals surface area contributed by atoms with E-state index in [4.69, 9.17) is 4.74 Å². The molecule has 4 unspecified atom stereocenters. The van der Waals surface area contributed by atoms with E-state index in [1.807, 2.05) is 0 Å². The van der Waals surface area contributed by atoms with Crippen LogP contribution < -0.4 is 34.9 Å². The summed E-state index contributed by atoms with van der Waals surface area (Å²) >= 11 is 0. The van der Waals surface area contributed by atoms with Gasteiger partial charge >= 0.3 is 29.6 Å². The first-order valence-electron chi connectivity index (χ1n) is 5.40. The molecule has 1 fully saturated rings. The molecule has 0 aliphatic carbocycles. The van der Waals surface area contributed by atoms with Crippen molar-refractivity contribution < 1.29 is 61.3 Å². The van der Waals surface area contributed by atoms with Crippen LogP contribution in [-0.2, 0) is 24.1 Å². The summed E-state index contributed by atoms with van der Waals surface area (Å²) in [6.07, 6.45) is -2.03. The molecule has 8 nitrogen and oxygen atoms in total. The maximum absolute atomic E-state index is 10.9. The Balaban J connectivity index is 0.00000324. The summed E-state index contributed by atoms with van der Waals surface area (Å²) in [5, 5.41) is 12.3. The summed E-state index contributed by atoms with van der Waals surface area (Å²) in [4.78, 5) is 10.9. The third-order valence-corrected chi connectivity index (χ3v) is 3.02. The summed E-state index contributed by atoms with van der Waals surface area (Å²) < 4.78 is 40.3. The smallest absolute Gasteiger partial charge is 0.726 e. The molecule has 4 atom stereocenters. The minimum Gasteiger partial charge on any atom is -0.726 e. The van der Waals surface area contributed by atoms with Crippen LogP contribution in [0.15, 0.2) is 0 Å². The third-order valence-electron chi connectivity index (χ3n) is 2.60. The van der Waals surface area contributed by atoms with E-state index in [9.17, 15) is 22.9 Å². The first-order chi connectivity index (χ1) is 8.19. The van der Waals surface area contributed by atoms with Crippen LogP contribution in [-0.4, -0.2) is 54.9 Å². The van der Waals surface area contributed by atoms with E-state index < -0.39 is 41.4 Å². The molecule has 0 spiro atoms. The van der Waals surface area contributed by atoms with Crippen molar-refractivity contribution in [1.29, 1.82) is 0 Å². The van der Waals surface area contributed by atoms with Crippen molar-refractivity contribution in [1.82, 2.24) is 5.32 Å². The Kier molecular flexibility index (Phi) is 8.00. The second kappa shape index (κ2) is 7.89. The first kappa shape index (κ1) is 19.3. The van der Waals surface area contributed by atoms with Crippen LogP contribution >= 0.6 is 0 Å². The fourth-order valence-corrected chi connectivity index (χ4v) is 2.21. The van der Waals surface area contributed by atoms with Gasteiger partial charge in [0.15, 0.2) is 0 Å². The molecule has 1 amide bonds. The van der Waals surface area contributed by atoms with Gasteiger partial charge < -0.3 is 19.7 Å². The molecular formula is C9H16NNaO7S. The van der Waals surface area contributed by atoms with Gasteiger partial charge in [-0.05, 0) is 6.92 Å². The van der Waals surface area contributed by atoms with Crippen molar-refractivity contribution in [3.63, 3.8) is 0 Å². The monoisotopic (exact) mass is 305 g/mol. The molecule has 0 aromatic carbocycles. The molecular weight excluding hydrogens is 289 g/mol. The number of hydrogen-bond donors (Lipinski definition) is 2. The van der Waals surface area contributed by atoms with Crippen molar-refractivity contribution in [2.24, 2.45) is 0 Å². The van der Waals surface area contributed by atoms with Gasteiger partial charge in [0.1, 0.15) is 0 Å².